The van der Waals surface area contributed by atoms with Crippen LogP contribution in [0.3, 0.4) is 0 Å². The van der Waals surface area contributed by atoms with Crippen molar-refractivity contribution in [1.82, 2.24) is 5.32 Å². The van der Waals surface area contributed by atoms with Crippen molar-refractivity contribution in [2.24, 2.45) is 11.7 Å². The van der Waals surface area contributed by atoms with Crippen molar-refractivity contribution < 1.29 is 22.7 Å². The zero-order valence-electron chi connectivity index (χ0n) is 10.5. The number of halogens is 4. The number of hydrogen-bond acceptors (Lipinski definition) is 3. The van der Waals surface area contributed by atoms with E-state index in [-0.39, 0.29) is 43.4 Å². The standard InChI is InChI=1S/C11H19F3N2O2.ClH/c12-11(13,14)7-18-5-4-16-10(17)6-8-2-1-3-9(8)15;/h8-9H,1-7,15H2,(H,16,17);1H/t8-,9+;/m0./s1. The van der Waals surface area contributed by atoms with Crippen LogP contribution in [0.25, 0.3) is 0 Å². The first kappa shape index (κ1) is 18.5. The smallest absolute Gasteiger partial charge is 0.370 e. The van der Waals surface area contributed by atoms with E-state index in [1.54, 1.807) is 0 Å². The summed E-state index contributed by atoms with van der Waals surface area (Å²) >= 11 is 0. The van der Waals surface area contributed by atoms with Crippen LogP contribution in [0.1, 0.15) is 25.7 Å². The first-order chi connectivity index (χ1) is 8.38. The summed E-state index contributed by atoms with van der Waals surface area (Å²) in [6.45, 7) is -1.32. The van der Waals surface area contributed by atoms with E-state index in [2.05, 4.69) is 10.1 Å². The van der Waals surface area contributed by atoms with Gasteiger partial charge in [0.2, 0.25) is 5.91 Å². The molecule has 1 aliphatic carbocycles. The second kappa shape index (κ2) is 8.60. The number of nitrogens with two attached hydrogens (primary N) is 1. The molecule has 0 heterocycles. The average Bonchev–Trinajstić information content (AvgIpc) is 2.62. The van der Waals surface area contributed by atoms with Crippen molar-refractivity contribution in [3.05, 3.63) is 0 Å². The zero-order chi connectivity index (χ0) is 13.6. The lowest BCUT2D eigenvalue weighted by Crippen LogP contribution is -2.33. The molecular formula is C11H20ClF3N2O2. The highest BCUT2D eigenvalue weighted by Crippen LogP contribution is 2.26. The zero-order valence-corrected chi connectivity index (χ0v) is 11.4. The molecular weight excluding hydrogens is 285 g/mol. The van der Waals surface area contributed by atoms with Gasteiger partial charge < -0.3 is 15.8 Å². The van der Waals surface area contributed by atoms with Gasteiger partial charge in [-0.1, -0.05) is 6.42 Å². The summed E-state index contributed by atoms with van der Waals surface area (Å²) in [5.41, 5.74) is 5.82. The number of ether oxygens (including phenoxy) is 1. The van der Waals surface area contributed by atoms with E-state index in [1.807, 2.05) is 0 Å². The fourth-order valence-corrected chi connectivity index (χ4v) is 2.08. The minimum absolute atomic E-state index is 0. The lowest BCUT2D eigenvalue weighted by Gasteiger charge is -2.14. The molecule has 0 bridgehead atoms. The van der Waals surface area contributed by atoms with Crippen molar-refractivity contribution in [2.75, 3.05) is 19.8 Å². The summed E-state index contributed by atoms with van der Waals surface area (Å²) in [5.74, 6) is 0.0223. The van der Waals surface area contributed by atoms with Crippen LogP contribution in [-0.4, -0.2) is 37.9 Å². The molecule has 2 atom stereocenters. The molecule has 1 saturated carbocycles. The second-order valence-corrected chi connectivity index (χ2v) is 4.58. The first-order valence-electron chi connectivity index (χ1n) is 6.05. The molecule has 0 unspecified atom stereocenters. The van der Waals surface area contributed by atoms with Crippen LogP contribution in [0.2, 0.25) is 0 Å². The highest BCUT2D eigenvalue weighted by atomic mass is 35.5. The first-order valence-corrected chi connectivity index (χ1v) is 6.05. The molecule has 19 heavy (non-hydrogen) atoms. The molecule has 0 saturated heterocycles. The third kappa shape index (κ3) is 8.28. The van der Waals surface area contributed by atoms with Gasteiger partial charge in [0, 0.05) is 19.0 Å². The van der Waals surface area contributed by atoms with E-state index in [0.717, 1.165) is 19.3 Å². The number of nitrogens with one attached hydrogen (secondary N) is 1. The molecule has 1 amide bonds. The van der Waals surface area contributed by atoms with Gasteiger partial charge in [0.1, 0.15) is 6.61 Å². The van der Waals surface area contributed by atoms with Crippen LogP contribution < -0.4 is 11.1 Å². The minimum Gasteiger partial charge on any atom is -0.370 e. The number of amides is 1. The van der Waals surface area contributed by atoms with Crippen molar-refractivity contribution in [2.45, 2.75) is 37.9 Å². The number of rotatable bonds is 6. The Hall–Kier alpha value is -0.530. The molecule has 4 nitrogen and oxygen atoms in total. The van der Waals surface area contributed by atoms with Crippen LogP contribution in [0, 0.1) is 5.92 Å². The quantitative estimate of drug-likeness (QED) is 0.733. The Morgan fingerprint density at radius 2 is 2.05 bits per heavy atom. The number of alkyl halides is 3. The van der Waals surface area contributed by atoms with E-state index >= 15 is 0 Å². The minimum atomic E-state index is -4.32. The molecule has 0 aromatic rings. The van der Waals surface area contributed by atoms with Crippen LogP contribution in [0.4, 0.5) is 13.2 Å². The summed E-state index contributed by atoms with van der Waals surface area (Å²) in [4.78, 5) is 11.5. The molecule has 8 heteroatoms. The van der Waals surface area contributed by atoms with Crippen LogP contribution in [-0.2, 0) is 9.53 Å². The van der Waals surface area contributed by atoms with E-state index < -0.39 is 12.8 Å². The number of hydrogen-bond donors (Lipinski definition) is 2. The molecule has 0 aromatic carbocycles. The van der Waals surface area contributed by atoms with Gasteiger partial charge in [-0.3, -0.25) is 4.79 Å². The second-order valence-electron chi connectivity index (χ2n) is 4.58. The lowest BCUT2D eigenvalue weighted by molar-refractivity contribution is -0.173. The Kier molecular flexibility index (Phi) is 8.36. The number of carbonyl (C=O) groups is 1. The normalized spacial score (nSPS) is 22.9. The molecule has 3 N–H and O–H groups in total. The molecule has 0 aromatic heterocycles. The van der Waals surface area contributed by atoms with E-state index in [4.69, 9.17) is 5.73 Å². The highest BCUT2D eigenvalue weighted by Gasteiger charge is 2.27. The maximum atomic E-state index is 11.7. The molecule has 0 aliphatic heterocycles. The maximum Gasteiger partial charge on any atom is 0.411 e. The molecule has 114 valence electrons. The van der Waals surface area contributed by atoms with Crippen molar-refractivity contribution in [3.63, 3.8) is 0 Å². The Morgan fingerprint density at radius 3 is 2.58 bits per heavy atom. The third-order valence-electron chi connectivity index (χ3n) is 3.00. The maximum absolute atomic E-state index is 11.7. The van der Waals surface area contributed by atoms with Gasteiger partial charge in [0.25, 0.3) is 0 Å². The Morgan fingerprint density at radius 1 is 1.37 bits per heavy atom. The summed E-state index contributed by atoms with van der Waals surface area (Å²) in [7, 11) is 0. The van der Waals surface area contributed by atoms with E-state index in [1.165, 1.54) is 0 Å². The van der Waals surface area contributed by atoms with Crippen molar-refractivity contribution >= 4 is 18.3 Å². The van der Waals surface area contributed by atoms with Crippen LogP contribution in [0.15, 0.2) is 0 Å². The number of carbonyl (C=O) groups excluding carboxylic acids is 1. The predicted octanol–water partition coefficient (Wildman–Crippen LogP) is 1.62. The average molecular weight is 305 g/mol. The molecule has 1 fully saturated rings. The Labute approximate surface area is 116 Å². The molecule has 0 radical (unpaired) electrons. The molecule has 1 aliphatic rings. The fraction of sp³-hybridized carbons (Fsp3) is 0.909. The van der Waals surface area contributed by atoms with Gasteiger partial charge in [-0.15, -0.1) is 12.4 Å². The summed E-state index contributed by atoms with van der Waals surface area (Å²) in [5, 5.41) is 2.53. The van der Waals surface area contributed by atoms with E-state index in [9.17, 15) is 18.0 Å². The highest BCUT2D eigenvalue weighted by molar-refractivity contribution is 5.85. The van der Waals surface area contributed by atoms with Gasteiger partial charge >= 0.3 is 6.18 Å². The third-order valence-corrected chi connectivity index (χ3v) is 3.00. The topological polar surface area (TPSA) is 64.4 Å². The van der Waals surface area contributed by atoms with Crippen molar-refractivity contribution in [3.8, 4) is 0 Å². The van der Waals surface area contributed by atoms with E-state index in [0.29, 0.717) is 6.42 Å². The Bertz CT molecular complexity index is 277. The van der Waals surface area contributed by atoms with Crippen molar-refractivity contribution in [1.29, 1.82) is 0 Å². The predicted molar refractivity (Wildman–Crippen MR) is 67.1 cm³/mol. The van der Waals surface area contributed by atoms with Crippen LogP contribution >= 0.6 is 12.4 Å². The van der Waals surface area contributed by atoms with Gasteiger partial charge in [-0.05, 0) is 18.8 Å². The SMILES string of the molecule is Cl.N[C@@H]1CCC[C@H]1CC(=O)NCCOCC(F)(F)F. The summed E-state index contributed by atoms with van der Waals surface area (Å²) in [6.07, 6.45) is -1.05. The van der Waals surface area contributed by atoms with Gasteiger partial charge in [0.05, 0.1) is 6.61 Å². The fourth-order valence-electron chi connectivity index (χ4n) is 2.08. The monoisotopic (exact) mass is 304 g/mol. The summed E-state index contributed by atoms with van der Waals surface area (Å²) < 4.78 is 39.6. The largest absolute Gasteiger partial charge is 0.411 e. The summed E-state index contributed by atoms with van der Waals surface area (Å²) in [6, 6.07) is 0.0669. The Balaban J connectivity index is 0.00000324. The lowest BCUT2D eigenvalue weighted by atomic mass is 10.00. The molecule has 1 rings (SSSR count). The van der Waals surface area contributed by atoms with Gasteiger partial charge in [-0.25, -0.2) is 0 Å². The molecule has 0 spiro atoms. The van der Waals surface area contributed by atoms with Crippen LogP contribution in [0.5, 0.6) is 0 Å². The van der Waals surface area contributed by atoms with Gasteiger partial charge in [-0.2, -0.15) is 13.2 Å². The van der Waals surface area contributed by atoms with Gasteiger partial charge in [0.15, 0.2) is 0 Å².